The number of rotatable bonds is 3. The number of para-hydroxylation sites is 4. The summed E-state index contributed by atoms with van der Waals surface area (Å²) in [6, 6.07) is 15.2. The molecule has 1 fully saturated rings. The Hall–Kier alpha value is -3.22. The Morgan fingerprint density at radius 2 is 1.62 bits per heavy atom. The lowest BCUT2D eigenvalue weighted by Crippen LogP contribution is -2.56. The highest BCUT2D eigenvalue weighted by Gasteiger charge is 2.36. The first-order valence-electron chi connectivity index (χ1n) is 9.79. The van der Waals surface area contributed by atoms with E-state index in [2.05, 4.69) is 4.90 Å². The molecule has 0 saturated carbocycles. The lowest BCUT2D eigenvalue weighted by atomic mass is 10.1. The third-order valence-electron chi connectivity index (χ3n) is 5.45. The van der Waals surface area contributed by atoms with Crippen LogP contribution in [0.3, 0.4) is 0 Å². The zero-order valence-corrected chi connectivity index (χ0v) is 16.7. The molecule has 2 amide bonds. The van der Waals surface area contributed by atoms with Crippen molar-refractivity contribution in [1.29, 1.82) is 0 Å². The highest BCUT2D eigenvalue weighted by Crippen LogP contribution is 2.34. The number of hydrogen-bond donors (Lipinski definition) is 0. The smallest absolute Gasteiger partial charge is 0.265 e. The molecule has 1 saturated heterocycles. The van der Waals surface area contributed by atoms with Crippen LogP contribution in [0.5, 0.6) is 11.5 Å². The molecule has 2 aliphatic heterocycles. The van der Waals surface area contributed by atoms with Gasteiger partial charge in [-0.1, -0.05) is 24.3 Å². The van der Waals surface area contributed by atoms with Crippen LogP contribution in [0.2, 0.25) is 0 Å². The van der Waals surface area contributed by atoms with Gasteiger partial charge >= 0.3 is 0 Å². The average molecular weight is 395 g/mol. The van der Waals surface area contributed by atoms with Crippen molar-refractivity contribution in [1.82, 2.24) is 4.90 Å². The molecule has 0 spiro atoms. The van der Waals surface area contributed by atoms with Crippen LogP contribution >= 0.6 is 0 Å². The predicted molar refractivity (Wildman–Crippen MR) is 111 cm³/mol. The Kier molecular flexibility index (Phi) is 5.29. The quantitative estimate of drug-likeness (QED) is 0.797. The summed E-state index contributed by atoms with van der Waals surface area (Å²) in [6.45, 7) is 4.36. The molecule has 2 aliphatic rings. The number of carbonyl (C=O) groups excluding carboxylic acids is 2. The van der Waals surface area contributed by atoms with Crippen molar-refractivity contribution < 1.29 is 19.1 Å². The fourth-order valence-corrected chi connectivity index (χ4v) is 3.92. The Morgan fingerprint density at radius 1 is 0.966 bits per heavy atom. The van der Waals surface area contributed by atoms with E-state index < -0.39 is 6.10 Å². The van der Waals surface area contributed by atoms with Gasteiger partial charge in [0.05, 0.1) is 25.0 Å². The molecule has 7 nitrogen and oxygen atoms in total. The summed E-state index contributed by atoms with van der Waals surface area (Å²) in [4.78, 5) is 30.9. The molecule has 0 N–H and O–H groups in total. The van der Waals surface area contributed by atoms with E-state index in [9.17, 15) is 9.59 Å². The van der Waals surface area contributed by atoms with Crippen LogP contribution in [0, 0.1) is 0 Å². The van der Waals surface area contributed by atoms with Gasteiger partial charge in [0.1, 0.15) is 11.5 Å². The molecule has 4 rings (SSSR count). The van der Waals surface area contributed by atoms with Gasteiger partial charge < -0.3 is 24.2 Å². The van der Waals surface area contributed by atoms with E-state index in [4.69, 9.17) is 9.47 Å². The standard InChI is InChI=1S/C22H25N3O4/c1-16(26)25-15-21(29-20-10-6-4-8-18(20)25)22(27)24-13-11-23(12-14-24)17-7-3-5-9-19(17)28-2/h3-10,21H,11-15H2,1-2H3. The van der Waals surface area contributed by atoms with Gasteiger partial charge in [0.15, 0.2) is 6.10 Å². The molecule has 0 bridgehead atoms. The summed E-state index contributed by atoms with van der Waals surface area (Å²) < 4.78 is 11.4. The molecule has 0 radical (unpaired) electrons. The highest BCUT2D eigenvalue weighted by molar-refractivity contribution is 5.96. The molecule has 0 aromatic heterocycles. The Morgan fingerprint density at radius 3 is 2.31 bits per heavy atom. The first kappa shape index (κ1) is 19.1. The second kappa shape index (κ2) is 8.03. The van der Waals surface area contributed by atoms with Gasteiger partial charge in [-0.05, 0) is 24.3 Å². The fraction of sp³-hybridized carbons (Fsp3) is 0.364. The summed E-state index contributed by atoms with van der Waals surface area (Å²) >= 11 is 0. The lowest BCUT2D eigenvalue weighted by molar-refractivity contribution is -0.139. The van der Waals surface area contributed by atoms with E-state index in [1.54, 1.807) is 18.1 Å². The van der Waals surface area contributed by atoms with Crippen LogP contribution in [-0.4, -0.2) is 62.7 Å². The number of fused-ring (bicyclic) bond motifs is 1. The number of nitrogens with zero attached hydrogens (tertiary/aromatic N) is 3. The Balaban J connectivity index is 1.44. The van der Waals surface area contributed by atoms with E-state index >= 15 is 0 Å². The van der Waals surface area contributed by atoms with Crippen molar-refractivity contribution in [3.05, 3.63) is 48.5 Å². The van der Waals surface area contributed by atoms with E-state index in [1.807, 2.05) is 47.4 Å². The summed E-state index contributed by atoms with van der Waals surface area (Å²) in [5, 5.41) is 0. The van der Waals surface area contributed by atoms with Crippen LogP contribution in [0.25, 0.3) is 0 Å². The van der Waals surface area contributed by atoms with Crippen LogP contribution in [0.4, 0.5) is 11.4 Å². The number of hydrogen-bond acceptors (Lipinski definition) is 5. The van der Waals surface area contributed by atoms with E-state index in [0.717, 1.165) is 11.4 Å². The van der Waals surface area contributed by atoms with Crippen molar-refractivity contribution in [3.8, 4) is 11.5 Å². The summed E-state index contributed by atoms with van der Waals surface area (Å²) in [5.74, 6) is 1.22. The number of benzene rings is 2. The number of anilines is 2. The maximum absolute atomic E-state index is 13.1. The topological polar surface area (TPSA) is 62.3 Å². The summed E-state index contributed by atoms with van der Waals surface area (Å²) in [6.07, 6.45) is -0.688. The number of methoxy groups -OCH3 is 1. The van der Waals surface area contributed by atoms with Gasteiger partial charge in [-0.15, -0.1) is 0 Å². The molecule has 29 heavy (non-hydrogen) atoms. The predicted octanol–water partition coefficient (Wildman–Crippen LogP) is 2.16. The molecule has 1 atom stereocenters. The monoisotopic (exact) mass is 395 g/mol. The van der Waals surface area contributed by atoms with Gasteiger partial charge in [0.25, 0.3) is 5.91 Å². The molecular weight excluding hydrogens is 370 g/mol. The van der Waals surface area contributed by atoms with Crippen molar-refractivity contribution in [3.63, 3.8) is 0 Å². The van der Waals surface area contributed by atoms with Crippen LogP contribution in [0.1, 0.15) is 6.92 Å². The molecule has 1 unspecified atom stereocenters. The van der Waals surface area contributed by atoms with Crippen LogP contribution < -0.4 is 19.3 Å². The zero-order chi connectivity index (χ0) is 20.4. The largest absolute Gasteiger partial charge is 0.495 e. The normalized spacial score (nSPS) is 18.7. The van der Waals surface area contributed by atoms with Crippen LogP contribution in [-0.2, 0) is 9.59 Å². The summed E-state index contributed by atoms with van der Waals surface area (Å²) in [7, 11) is 1.66. The Labute approximate surface area is 170 Å². The SMILES string of the molecule is COc1ccccc1N1CCN(C(=O)C2CN(C(C)=O)c3ccccc3O2)CC1. The van der Waals surface area contributed by atoms with Gasteiger partial charge in [-0.25, -0.2) is 0 Å². The van der Waals surface area contributed by atoms with Crippen molar-refractivity contribution in [2.75, 3.05) is 49.6 Å². The second-order valence-corrected chi connectivity index (χ2v) is 7.19. The van der Waals surface area contributed by atoms with E-state index in [-0.39, 0.29) is 18.4 Å². The minimum atomic E-state index is -0.688. The first-order chi connectivity index (χ1) is 14.1. The number of amides is 2. The van der Waals surface area contributed by atoms with Crippen molar-refractivity contribution >= 4 is 23.2 Å². The first-order valence-corrected chi connectivity index (χ1v) is 9.79. The molecule has 2 heterocycles. The molecule has 2 aromatic rings. The number of ether oxygens (including phenoxy) is 2. The third-order valence-corrected chi connectivity index (χ3v) is 5.45. The Bertz CT molecular complexity index is 908. The van der Waals surface area contributed by atoms with Crippen LogP contribution in [0.15, 0.2) is 48.5 Å². The second-order valence-electron chi connectivity index (χ2n) is 7.19. The molecule has 0 aliphatic carbocycles. The molecular formula is C22H25N3O4. The minimum Gasteiger partial charge on any atom is -0.495 e. The van der Waals surface area contributed by atoms with Gasteiger partial charge in [-0.3, -0.25) is 9.59 Å². The van der Waals surface area contributed by atoms with Crippen molar-refractivity contribution in [2.45, 2.75) is 13.0 Å². The zero-order valence-electron chi connectivity index (χ0n) is 16.7. The van der Waals surface area contributed by atoms with Gasteiger partial charge in [0.2, 0.25) is 5.91 Å². The molecule has 152 valence electrons. The number of carbonyl (C=O) groups is 2. The van der Waals surface area contributed by atoms with E-state index in [0.29, 0.717) is 37.6 Å². The van der Waals surface area contributed by atoms with E-state index in [1.165, 1.54) is 6.92 Å². The highest BCUT2D eigenvalue weighted by atomic mass is 16.5. The third kappa shape index (κ3) is 3.72. The average Bonchev–Trinajstić information content (AvgIpc) is 2.77. The van der Waals surface area contributed by atoms with Gasteiger partial charge in [-0.2, -0.15) is 0 Å². The van der Waals surface area contributed by atoms with Crippen molar-refractivity contribution in [2.24, 2.45) is 0 Å². The molecule has 7 heteroatoms. The summed E-state index contributed by atoms with van der Waals surface area (Å²) in [5.41, 5.74) is 1.75. The maximum atomic E-state index is 13.1. The fourth-order valence-electron chi connectivity index (χ4n) is 3.92. The molecule has 2 aromatic carbocycles. The maximum Gasteiger partial charge on any atom is 0.265 e. The lowest BCUT2D eigenvalue weighted by Gasteiger charge is -2.40. The number of piperazine rings is 1. The van der Waals surface area contributed by atoms with Gasteiger partial charge in [0, 0.05) is 33.1 Å². The minimum absolute atomic E-state index is 0.0783.